The number of methoxy groups -OCH3 is 1. The summed E-state index contributed by atoms with van der Waals surface area (Å²) in [5.41, 5.74) is 6.27. The third-order valence-corrected chi connectivity index (χ3v) is 2.88. The molecule has 0 spiro atoms. The zero-order chi connectivity index (χ0) is 14.0. The highest BCUT2D eigenvalue weighted by molar-refractivity contribution is 5.52. The lowest BCUT2D eigenvalue weighted by atomic mass is 9.89. The van der Waals surface area contributed by atoms with Crippen LogP contribution in [-0.2, 0) is 0 Å². The molecule has 1 heterocycles. The van der Waals surface area contributed by atoms with Crippen molar-refractivity contribution < 1.29 is 14.4 Å². The first-order valence-electron chi connectivity index (χ1n) is 5.44. The molecule has 0 saturated heterocycles. The molecule has 1 aliphatic heterocycles. The smallest absolute Gasteiger partial charge is 0.215 e. The van der Waals surface area contributed by atoms with Crippen LogP contribution >= 0.6 is 0 Å². The molecule has 0 amide bonds. The molecule has 0 fully saturated rings. The van der Waals surface area contributed by atoms with Gasteiger partial charge in [-0.3, -0.25) is 10.1 Å². The molecule has 0 radical (unpaired) electrons. The first-order chi connectivity index (χ1) is 9.06. The van der Waals surface area contributed by atoms with Gasteiger partial charge in [-0.1, -0.05) is 6.07 Å². The topological polar surface area (TPSA) is 111 Å². The molecule has 2 rings (SSSR count). The number of hydrogen-bond acceptors (Lipinski definition) is 6. The Kier molecular flexibility index (Phi) is 3.25. The van der Waals surface area contributed by atoms with Crippen molar-refractivity contribution in [1.29, 1.82) is 5.26 Å². The van der Waals surface area contributed by atoms with Crippen LogP contribution in [0.3, 0.4) is 0 Å². The van der Waals surface area contributed by atoms with Gasteiger partial charge in [-0.05, 0) is 6.07 Å². The molecule has 0 aromatic heterocycles. The molecule has 0 aliphatic carbocycles. The van der Waals surface area contributed by atoms with Gasteiger partial charge in [0, 0.05) is 16.6 Å². The Morgan fingerprint density at radius 3 is 2.95 bits per heavy atom. The van der Waals surface area contributed by atoms with E-state index in [-0.39, 0.29) is 11.5 Å². The van der Waals surface area contributed by atoms with Crippen molar-refractivity contribution in [1.82, 2.24) is 0 Å². The maximum atomic E-state index is 10.7. The van der Waals surface area contributed by atoms with Crippen molar-refractivity contribution >= 4 is 0 Å². The highest BCUT2D eigenvalue weighted by Gasteiger charge is 2.33. The number of rotatable bonds is 3. The lowest BCUT2D eigenvalue weighted by Crippen LogP contribution is -2.24. The minimum absolute atomic E-state index is 0.0781. The maximum absolute atomic E-state index is 10.7. The van der Waals surface area contributed by atoms with Crippen LogP contribution in [0.15, 0.2) is 29.7 Å². The van der Waals surface area contributed by atoms with E-state index < -0.39 is 17.4 Å². The zero-order valence-electron chi connectivity index (χ0n) is 10.1. The van der Waals surface area contributed by atoms with Gasteiger partial charge in [0.25, 0.3) is 0 Å². The van der Waals surface area contributed by atoms with Gasteiger partial charge in [-0.2, -0.15) is 5.26 Å². The summed E-state index contributed by atoms with van der Waals surface area (Å²) < 4.78 is 10.4. The van der Waals surface area contributed by atoms with E-state index in [9.17, 15) is 10.1 Å². The summed E-state index contributed by atoms with van der Waals surface area (Å²) in [6.07, 6.45) is 0. The first-order valence-corrected chi connectivity index (χ1v) is 5.44. The zero-order valence-corrected chi connectivity index (χ0v) is 10.1. The molecule has 1 aliphatic rings. The van der Waals surface area contributed by atoms with E-state index in [0.29, 0.717) is 17.1 Å². The van der Waals surface area contributed by atoms with Crippen molar-refractivity contribution in [3.8, 4) is 17.6 Å². The Hall–Kier alpha value is -2.75. The minimum Gasteiger partial charge on any atom is -0.497 e. The van der Waals surface area contributed by atoms with E-state index in [1.54, 1.807) is 18.2 Å². The quantitative estimate of drug-likeness (QED) is 0.645. The molecule has 19 heavy (non-hydrogen) atoms. The Balaban J connectivity index is 2.51. The van der Waals surface area contributed by atoms with E-state index in [4.69, 9.17) is 20.5 Å². The molecular weight excluding hydrogens is 250 g/mol. The Bertz CT molecular complexity index is 603. The second kappa shape index (κ2) is 4.86. The lowest BCUT2D eigenvalue weighted by Gasteiger charge is -2.23. The molecule has 0 bridgehead atoms. The second-order valence-corrected chi connectivity index (χ2v) is 3.96. The fourth-order valence-electron chi connectivity index (χ4n) is 1.99. The van der Waals surface area contributed by atoms with E-state index in [1.165, 1.54) is 7.11 Å². The second-order valence-electron chi connectivity index (χ2n) is 3.96. The number of fused-ring (bicyclic) bond motifs is 1. The molecule has 7 heteroatoms. The van der Waals surface area contributed by atoms with Crippen LogP contribution in [0, 0.1) is 21.4 Å². The fourth-order valence-corrected chi connectivity index (χ4v) is 1.99. The van der Waals surface area contributed by atoms with Gasteiger partial charge in [0.2, 0.25) is 12.4 Å². The third-order valence-electron chi connectivity index (χ3n) is 2.88. The minimum atomic E-state index is -0.699. The molecule has 2 N–H and O–H groups in total. The van der Waals surface area contributed by atoms with E-state index >= 15 is 0 Å². The van der Waals surface area contributed by atoms with Crippen LogP contribution < -0.4 is 15.2 Å². The van der Waals surface area contributed by atoms with Gasteiger partial charge < -0.3 is 15.2 Å². The summed E-state index contributed by atoms with van der Waals surface area (Å²) >= 11 is 0. The Morgan fingerprint density at radius 1 is 1.63 bits per heavy atom. The van der Waals surface area contributed by atoms with Crippen molar-refractivity contribution in [2.24, 2.45) is 5.73 Å². The van der Waals surface area contributed by atoms with Crippen LogP contribution in [0.5, 0.6) is 11.5 Å². The van der Waals surface area contributed by atoms with Gasteiger partial charge in [0.05, 0.1) is 13.0 Å². The van der Waals surface area contributed by atoms with Crippen LogP contribution in [0.2, 0.25) is 0 Å². The highest BCUT2D eigenvalue weighted by atomic mass is 16.6. The Labute approximate surface area is 109 Å². The predicted octanol–water partition coefficient (Wildman–Crippen LogP) is 1.14. The summed E-state index contributed by atoms with van der Waals surface area (Å²) in [5, 5.41) is 19.8. The molecule has 98 valence electrons. The molecule has 1 aromatic rings. The van der Waals surface area contributed by atoms with Gasteiger partial charge in [-0.25, -0.2) is 0 Å². The normalized spacial score (nSPS) is 17.2. The summed E-state index contributed by atoms with van der Waals surface area (Å²) in [5.74, 6) is 0.124. The van der Waals surface area contributed by atoms with Crippen LogP contribution in [0.1, 0.15) is 11.5 Å². The van der Waals surface area contributed by atoms with Gasteiger partial charge in [0.1, 0.15) is 23.1 Å². The van der Waals surface area contributed by atoms with Gasteiger partial charge >= 0.3 is 0 Å². The summed E-state index contributed by atoms with van der Waals surface area (Å²) in [6.45, 7) is -0.410. The molecule has 0 saturated carbocycles. The first kappa shape index (κ1) is 12.7. The highest BCUT2D eigenvalue weighted by Crippen LogP contribution is 2.39. The van der Waals surface area contributed by atoms with Crippen molar-refractivity contribution in [3.05, 3.63) is 45.3 Å². The summed E-state index contributed by atoms with van der Waals surface area (Å²) in [6, 6.07) is 6.76. The number of nitro groups is 1. The molecule has 1 atom stereocenters. The molecule has 7 nitrogen and oxygen atoms in total. The fraction of sp³-hybridized carbons (Fsp3) is 0.250. The summed E-state index contributed by atoms with van der Waals surface area (Å²) in [7, 11) is 1.50. The largest absolute Gasteiger partial charge is 0.497 e. The molecule has 0 unspecified atom stereocenters. The average molecular weight is 261 g/mol. The number of benzene rings is 1. The lowest BCUT2D eigenvalue weighted by molar-refractivity contribution is -0.482. The van der Waals surface area contributed by atoms with Gasteiger partial charge in [-0.15, -0.1) is 0 Å². The van der Waals surface area contributed by atoms with Gasteiger partial charge in [0.15, 0.2) is 0 Å². The van der Waals surface area contributed by atoms with E-state index in [1.807, 2.05) is 6.07 Å². The average Bonchev–Trinajstić information content (AvgIpc) is 2.37. The number of ether oxygens (including phenoxy) is 2. The predicted molar refractivity (Wildman–Crippen MR) is 65.1 cm³/mol. The van der Waals surface area contributed by atoms with Crippen LogP contribution in [0.25, 0.3) is 0 Å². The third kappa shape index (κ3) is 2.28. The SMILES string of the molecule is COc1ccc2c(c1)OC(N)=C(C#N)[C@@H]2C[N+](=O)[O-]. The number of hydrogen-bond donors (Lipinski definition) is 1. The van der Waals surface area contributed by atoms with E-state index in [2.05, 4.69) is 0 Å². The number of nitrogens with two attached hydrogens (primary N) is 1. The van der Waals surface area contributed by atoms with Crippen molar-refractivity contribution in [2.75, 3.05) is 13.7 Å². The van der Waals surface area contributed by atoms with Crippen LogP contribution in [0.4, 0.5) is 0 Å². The number of nitrogens with zero attached hydrogens (tertiary/aromatic N) is 2. The Morgan fingerprint density at radius 2 is 2.37 bits per heavy atom. The maximum Gasteiger partial charge on any atom is 0.215 e. The van der Waals surface area contributed by atoms with Crippen molar-refractivity contribution in [3.63, 3.8) is 0 Å². The standard InChI is InChI=1S/C12H11N3O4/c1-18-7-2-3-8-10(6-15(16)17)9(5-13)12(14)19-11(8)4-7/h2-4,10H,6,14H2,1H3/t10-/m1/s1. The molecular formula is C12H11N3O4. The number of nitriles is 1. The molecule has 1 aromatic carbocycles. The van der Waals surface area contributed by atoms with Crippen LogP contribution in [-0.4, -0.2) is 18.6 Å². The van der Waals surface area contributed by atoms with E-state index in [0.717, 1.165) is 0 Å². The van der Waals surface area contributed by atoms with Crippen molar-refractivity contribution in [2.45, 2.75) is 5.92 Å². The summed E-state index contributed by atoms with van der Waals surface area (Å²) in [4.78, 5) is 10.3. The monoisotopic (exact) mass is 261 g/mol.